The van der Waals surface area contributed by atoms with Gasteiger partial charge in [0.1, 0.15) is 11.8 Å². The third-order valence-corrected chi connectivity index (χ3v) is 7.84. The van der Waals surface area contributed by atoms with Crippen LogP contribution in [-0.4, -0.2) is 75.4 Å². The number of nitrogens with zero attached hydrogens (tertiary/aromatic N) is 4. The quantitative estimate of drug-likeness (QED) is 0.398. The van der Waals surface area contributed by atoms with Gasteiger partial charge in [-0.25, -0.2) is 0 Å². The fourth-order valence-electron chi connectivity index (χ4n) is 4.89. The molecule has 0 bridgehead atoms. The first-order valence-corrected chi connectivity index (χ1v) is 13.9. The van der Waals surface area contributed by atoms with E-state index in [1.54, 1.807) is 42.3 Å². The van der Waals surface area contributed by atoms with Crippen LogP contribution in [0.15, 0.2) is 42.5 Å². The maximum absolute atomic E-state index is 13.7. The van der Waals surface area contributed by atoms with Gasteiger partial charge in [-0.05, 0) is 56.8 Å². The largest absolute Gasteiger partial charge is 0.486 e. The molecule has 0 aliphatic carbocycles. The zero-order valence-electron chi connectivity index (χ0n) is 23.3. The summed E-state index contributed by atoms with van der Waals surface area (Å²) in [6.45, 7) is 7.00. The molecule has 0 fully saturated rings. The summed E-state index contributed by atoms with van der Waals surface area (Å²) < 4.78 is 8.11. The monoisotopic (exact) mass is 587 g/mol. The summed E-state index contributed by atoms with van der Waals surface area (Å²) in [4.78, 5) is 30.7. The number of para-hydroxylation sites is 1. The molecular weight excluding hydrogens is 553 g/mol. The molecule has 0 saturated carbocycles. The lowest BCUT2D eigenvalue weighted by Crippen LogP contribution is -2.49. The van der Waals surface area contributed by atoms with Gasteiger partial charge < -0.3 is 20.1 Å². The third kappa shape index (κ3) is 6.61. The Morgan fingerprint density at radius 1 is 1.25 bits per heavy atom. The molecule has 2 heterocycles. The zero-order chi connectivity index (χ0) is 29.1. The molecule has 3 aromatic rings. The fraction of sp³-hybridized carbons (Fsp3) is 0.414. The average Bonchev–Trinajstić information content (AvgIpc) is 3.25. The third-order valence-electron chi connectivity index (χ3n) is 7.10. The maximum atomic E-state index is 13.7. The first-order chi connectivity index (χ1) is 19.0. The molecule has 0 radical (unpaired) electrons. The number of aromatic nitrogens is 2. The van der Waals surface area contributed by atoms with Crippen LogP contribution in [0.3, 0.4) is 0 Å². The zero-order valence-corrected chi connectivity index (χ0v) is 24.8. The van der Waals surface area contributed by atoms with Crippen LogP contribution < -0.4 is 10.1 Å². The number of nitrogens with one attached hydrogen (secondary N) is 1. The minimum Gasteiger partial charge on any atom is -0.486 e. The molecular formula is C29H35Cl2N5O4. The number of carbonyl (C=O) groups is 2. The molecule has 3 atom stereocenters. The van der Waals surface area contributed by atoms with Gasteiger partial charge >= 0.3 is 0 Å². The van der Waals surface area contributed by atoms with E-state index in [1.165, 1.54) is 4.68 Å². The highest BCUT2D eigenvalue weighted by Crippen LogP contribution is 2.35. The van der Waals surface area contributed by atoms with Crippen LogP contribution in [0.2, 0.25) is 10.0 Å². The Balaban J connectivity index is 1.67. The molecule has 214 valence electrons. The van der Waals surface area contributed by atoms with Crippen molar-refractivity contribution < 1.29 is 19.4 Å². The Kier molecular flexibility index (Phi) is 9.41. The van der Waals surface area contributed by atoms with E-state index in [9.17, 15) is 14.7 Å². The highest BCUT2D eigenvalue weighted by Gasteiger charge is 2.34. The summed E-state index contributed by atoms with van der Waals surface area (Å²) in [7, 11) is 3.68. The normalized spacial score (nSPS) is 18.1. The molecule has 2 N–H and O–H groups in total. The minimum atomic E-state index is -0.397. The number of benzene rings is 2. The van der Waals surface area contributed by atoms with Gasteiger partial charge in [-0.2, -0.15) is 5.10 Å². The van der Waals surface area contributed by atoms with Crippen LogP contribution in [-0.2, 0) is 13.6 Å². The molecule has 2 aromatic carbocycles. The molecule has 11 heteroatoms. The standard InChI is InChI=1S/C29H35Cl2N5O4/c1-17-13-36(19(3)16-37)29(39)21-7-6-8-24(32-28(38)25-11-18(2)33-35(25)5)27(21)40-26(17)15-34(4)14-20-9-10-22(30)23(31)12-20/h6-12,17,19,26,37H,13-16H2,1-5H3,(H,32,38)/t17-,19+,26-/m0/s1. The van der Waals surface area contributed by atoms with Crippen molar-refractivity contribution in [2.45, 2.75) is 39.5 Å². The molecule has 0 unspecified atom stereocenters. The molecule has 1 aromatic heterocycles. The summed E-state index contributed by atoms with van der Waals surface area (Å²) in [6.07, 6.45) is -0.343. The van der Waals surface area contributed by atoms with Gasteiger partial charge in [0.15, 0.2) is 5.75 Å². The molecule has 1 aliphatic rings. The number of aryl methyl sites for hydroxylation is 2. The number of aliphatic hydroxyl groups is 1. The van der Waals surface area contributed by atoms with Crippen molar-refractivity contribution in [2.75, 3.05) is 32.1 Å². The summed E-state index contributed by atoms with van der Waals surface area (Å²) >= 11 is 12.3. The van der Waals surface area contributed by atoms with Crippen molar-refractivity contribution in [1.82, 2.24) is 19.6 Å². The van der Waals surface area contributed by atoms with Crippen LogP contribution in [0.5, 0.6) is 5.75 Å². The predicted octanol–water partition coefficient (Wildman–Crippen LogP) is 4.64. The van der Waals surface area contributed by atoms with Crippen molar-refractivity contribution >= 4 is 40.7 Å². The van der Waals surface area contributed by atoms with Crippen molar-refractivity contribution in [3.63, 3.8) is 0 Å². The van der Waals surface area contributed by atoms with Gasteiger partial charge in [-0.3, -0.25) is 19.2 Å². The second-order valence-corrected chi connectivity index (χ2v) is 11.3. The number of fused-ring (bicyclic) bond motifs is 1. The topological polar surface area (TPSA) is 99.9 Å². The molecule has 4 rings (SSSR count). The van der Waals surface area contributed by atoms with Crippen LogP contribution in [0.25, 0.3) is 0 Å². The number of carbonyl (C=O) groups excluding carboxylic acids is 2. The van der Waals surface area contributed by atoms with Crippen molar-refractivity contribution in [3.8, 4) is 5.75 Å². The average molecular weight is 589 g/mol. The van der Waals surface area contributed by atoms with Gasteiger partial charge in [-0.15, -0.1) is 0 Å². The predicted molar refractivity (Wildman–Crippen MR) is 156 cm³/mol. The van der Waals surface area contributed by atoms with E-state index in [2.05, 4.69) is 15.3 Å². The Morgan fingerprint density at radius 3 is 2.65 bits per heavy atom. The number of hydrogen-bond acceptors (Lipinski definition) is 6. The lowest BCUT2D eigenvalue weighted by molar-refractivity contribution is 0.0343. The Bertz CT molecular complexity index is 1390. The smallest absolute Gasteiger partial charge is 0.274 e. The van der Waals surface area contributed by atoms with Crippen molar-refractivity contribution in [1.29, 1.82) is 0 Å². The number of anilines is 1. The van der Waals surface area contributed by atoms with E-state index >= 15 is 0 Å². The minimum absolute atomic E-state index is 0.0918. The summed E-state index contributed by atoms with van der Waals surface area (Å²) in [5, 5.41) is 18.1. The number of likely N-dealkylation sites (N-methyl/N-ethyl adjacent to an activating group) is 1. The highest BCUT2D eigenvalue weighted by atomic mass is 35.5. The Labute approximate surface area is 244 Å². The second kappa shape index (κ2) is 12.6. The molecule has 0 spiro atoms. The molecule has 0 saturated heterocycles. The molecule has 40 heavy (non-hydrogen) atoms. The molecule has 2 amide bonds. The van der Waals surface area contributed by atoms with Gasteiger partial charge in [0.25, 0.3) is 11.8 Å². The van der Waals surface area contributed by atoms with Crippen molar-refractivity contribution in [2.24, 2.45) is 13.0 Å². The summed E-state index contributed by atoms with van der Waals surface area (Å²) in [5.41, 5.74) is 2.81. The second-order valence-electron chi connectivity index (χ2n) is 10.5. The van der Waals surface area contributed by atoms with Gasteiger partial charge in [0.2, 0.25) is 0 Å². The Hall–Kier alpha value is -3.11. The van der Waals surface area contributed by atoms with Gasteiger partial charge in [0, 0.05) is 32.6 Å². The molecule has 1 aliphatic heterocycles. The maximum Gasteiger partial charge on any atom is 0.274 e. The highest BCUT2D eigenvalue weighted by molar-refractivity contribution is 6.42. The summed E-state index contributed by atoms with van der Waals surface area (Å²) in [5.74, 6) is -0.421. The van der Waals surface area contributed by atoms with Gasteiger partial charge in [-0.1, -0.05) is 42.3 Å². The van der Waals surface area contributed by atoms with E-state index in [4.69, 9.17) is 27.9 Å². The van der Waals surface area contributed by atoms with E-state index < -0.39 is 6.04 Å². The van der Waals surface area contributed by atoms with E-state index in [1.807, 2.05) is 40.0 Å². The lowest BCUT2D eigenvalue weighted by Gasteiger charge is -2.38. The SMILES string of the molecule is Cc1cc(C(=O)Nc2cccc3c2O[C@@H](CN(C)Cc2ccc(Cl)c(Cl)c2)[C@@H](C)CN([C@H](C)CO)C3=O)n(C)n1. The van der Waals surface area contributed by atoms with Crippen LogP contribution in [0.4, 0.5) is 5.69 Å². The number of halogens is 2. The number of hydrogen-bond donors (Lipinski definition) is 2. The number of aliphatic hydroxyl groups excluding tert-OH is 1. The first-order valence-electron chi connectivity index (χ1n) is 13.1. The van der Waals surface area contributed by atoms with E-state index in [0.29, 0.717) is 52.4 Å². The van der Waals surface area contributed by atoms with Gasteiger partial charge in [0.05, 0.1) is 39.6 Å². The Morgan fingerprint density at radius 2 is 2.00 bits per heavy atom. The molecule has 9 nitrogen and oxygen atoms in total. The van der Waals surface area contributed by atoms with E-state index in [0.717, 1.165) is 11.3 Å². The first kappa shape index (κ1) is 29.9. The number of ether oxygens (including phenoxy) is 1. The summed E-state index contributed by atoms with van der Waals surface area (Å²) in [6, 6.07) is 12.0. The lowest BCUT2D eigenvalue weighted by atomic mass is 9.98. The number of amides is 2. The van der Waals surface area contributed by atoms with Crippen LogP contribution >= 0.6 is 23.2 Å². The van der Waals surface area contributed by atoms with Crippen molar-refractivity contribution in [3.05, 3.63) is 75.0 Å². The fourth-order valence-corrected chi connectivity index (χ4v) is 5.21. The van der Waals surface area contributed by atoms with Crippen LogP contribution in [0.1, 0.15) is 46.0 Å². The number of rotatable bonds is 8. The van der Waals surface area contributed by atoms with Crippen LogP contribution in [0, 0.1) is 12.8 Å². The van der Waals surface area contributed by atoms with E-state index in [-0.39, 0.29) is 30.4 Å².